The number of rotatable bonds is 14. The lowest BCUT2D eigenvalue weighted by molar-refractivity contribution is -0.150. The average molecular weight is 1130 g/mol. The van der Waals surface area contributed by atoms with Crippen LogP contribution in [0.15, 0.2) is 158 Å². The van der Waals surface area contributed by atoms with Crippen molar-refractivity contribution < 1.29 is 41.5 Å². The monoisotopic (exact) mass is 1130 g/mol. The first-order chi connectivity index (χ1) is 37.9. The summed E-state index contributed by atoms with van der Waals surface area (Å²) in [6, 6.07) is 35.9. The number of hydrogen-bond donors (Lipinski definition) is 1. The van der Waals surface area contributed by atoms with E-state index in [1.54, 1.807) is 88.3 Å². The predicted octanol–water partition coefficient (Wildman–Crippen LogP) is 14.1. The number of halogens is 3. The molecule has 0 aliphatic rings. The summed E-state index contributed by atoms with van der Waals surface area (Å²) in [5.74, 6) is 2.52. The molecule has 0 fully saturated rings. The standard InChI is InChI=1S/C20H22FN3O.C19H19FN2O2.C14H9FN2O.C8H18O2Si.CH2S/c1-4-22-19(25)20(2,3)12-14-5-10-18-15(11-14)13-23-24(18)17-8-6-16(21)7-9-17;1-19(2,18(23)24-3)11-13-4-9-17-14(10-13)12-21-22(17)16-7-5-15(20)6-8-16;15-12-2-4-13(5-3-12)17-14-6-1-10(9-18)7-11(14)8-16-17;1-7(2)8(9-3)10-11(4,5)6;1-2/h5-11,13H,4,12H2,1-3H3,(H,22,25);4-10,12H,11H2,1-3H3;1-9H;1-6H3;1H2. The number of fused-ring (bicyclic) bond motifs is 3. The highest BCUT2D eigenvalue weighted by atomic mass is 32.1. The lowest BCUT2D eigenvalue weighted by Gasteiger charge is -2.23. The molecule has 0 aliphatic carbocycles. The molecule has 80 heavy (non-hydrogen) atoms. The number of aldehydes is 1. The SMILES string of the molecule is C=S.CCNC(=O)C(C)(C)Cc1ccc2c(cnn2-c2ccc(F)cc2)c1.COC(=O)C(C)(C)Cc1ccc2c(cnn2-c2ccc(F)cc2)c1.COC(O[Si](C)(C)C)=C(C)C.O=Cc1ccc2c(cnn2-c2ccc(F)cc2)c1. The van der Waals surface area contributed by atoms with E-state index in [2.05, 4.69) is 64.4 Å². The number of aromatic nitrogens is 6. The summed E-state index contributed by atoms with van der Waals surface area (Å²) in [7, 11) is 1.56. The van der Waals surface area contributed by atoms with E-state index in [9.17, 15) is 27.6 Å². The number of amides is 1. The van der Waals surface area contributed by atoms with Crippen molar-refractivity contribution in [2.75, 3.05) is 20.8 Å². The van der Waals surface area contributed by atoms with Gasteiger partial charge in [-0.1, -0.05) is 38.2 Å². The van der Waals surface area contributed by atoms with Crippen molar-refractivity contribution in [2.45, 2.75) is 80.9 Å². The first-order valence-corrected chi connectivity index (χ1v) is 29.6. The highest BCUT2D eigenvalue weighted by Crippen LogP contribution is 2.29. The van der Waals surface area contributed by atoms with E-state index >= 15 is 0 Å². The molecule has 420 valence electrons. The van der Waals surface area contributed by atoms with Gasteiger partial charge in [-0.05, 0) is 199 Å². The number of benzene rings is 6. The Balaban J connectivity index is 0.000000201. The molecule has 0 saturated carbocycles. The van der Waals surface area contributed by atoms with E-state index in [0.717, 1.165) is 72.8 Å². The zero-order chi connectivity index (χ0) is 59.0. The van der Waals surface area contributed by atoms with E-state index in [1.165, 1.54) is 43.5 Å². The second kappa shape index (κ2) is 28.1. The van der Waals surface area contributed by atoms with E-state index < -0.39 is 19.1 Å². The fourth-order valence-corrected chi connectivity index (χ4v) is 9.19. The fourth-order valence-electron chi connectivity index (χ4n) is 8.35. The first-order valence-electron chi connectivity index (χ1n) is 25.7. The van der Waals surface area contributed by atoms with Crippen LogP contribution in [0.3, 0.4) is 0 Å². The number of carbonyl (C=O) groups is 3. The Morgan fingerprint density at radius 3 is 1.30 bits per heavy atom. The van der Waals surface area contributed by atoms with Crippen LogP contribution in [-0.2, 0) is 36.3 Å². The molecule has 9 aromatic rings. The maximum absolute atomic E-state index is 13.1. The summed E-state index contributed by atoms with van der Waals surface area (Å²) in [4.78, 5) is 34.7. The Kier molecular flexibility index (Phi) is 22.0. The third-order valence-corrected chi connectivity index (χ3v) is 13.0. The number of esters is 1. The number of hydrogen-bond acceptors (Lipinski definition) is 10. The van der Waals surface area contributed by atoms with Crippen LogP contribution in [0, 0.1) is 28.3 Å². The molecule has 0 aliphatic heterocycles. The van der Waals surface area contributed by atoms with Gasteiger partial charge in [0.2, 0.25) is 14.2 Å². The molecule has 0 unspecified atom stereocenters. The first kappa shape index (κ1) is 62.6. The van der Waals surface area contributed by atoms with Crippen molar-refractivity contribution in [3.63, 3.8) is 0 Å². The molecule has 1 N–H and O–H groups in total. The topological polar surface area (TPSA) is 144 Å². The van der Waals surface area contributed by atoms with Crippen LogP contribution in [-0.4, -0.2) is 82.5 Å². The second-order valence-electron chi connectivity index (χ2n) is 21.0. The quantitative estimate of drug-likeness (QED) is 0.0367. The zero-order valence-corrected chi connectivity index (χ0v) is 49.3. The molecule has 0 bridgehead atoms. The smallest absolute Gasteiger partial charge is 0.311 e. The molecule has 0 saturated heterocycles. The van der Waals surface area contributed by atoms with Crippen LogP contribution in [0.1, 0.15) is 70.0 Å². The molecule has 3 aromatic heterocycles. The average Bonchev–Trinajstić information content (AvgIpc) is 4.26. The maximum atomic E-state index is 13.1. The van der Waals surface area contributed by atoms with Gasteiger partial charge in [0.1, 0.15) is 23.7 Å². The van der Waals surface area contributed by atoms with Crippen LogP contribution in [0.4, 0.5) is 13.2 Å². The molecule has 9 rings (SSSR count). The number of nitrogens with one attached hydrogen (secondary N) is 1. The van der Waals surface area contributed by atoms with Gasteiger partial charge in [0.15, 0.2) is 0 Å². The molecule has 3 heterocycles. The molecule has 0 spiro atoms. The summed E-state index contributed by atoms with van der Waals surface area (Å²) >= 11 is 3.83. The van der Waals surface area contributed by atoms with E-state index in [0.29, 0.717) is 30.9 Å². The summed E-state index contributed by atoms with van der Waals surface area (Å²) in [6.07, 6.45) is 7.28. The third-order valence-electron chi connectivity index (χ3n) is 12.2. The second-order valence-corrected chi connectivity index (χ2v) is 25.4. The van der Waals surface area contributed by atoms with Crippen LogP contribution >= 0.6 is 12.2 Å². The highest BCUT2D eigenvalue weighted by Gasteiger charge is 2.30. The van der Waals surface area contributed by atoms with Gasteiger partial charge in [0, 0.05) is 39.3 Å². The summed E-state index contributed by atoms with van der Waals surface area (Å²) in [5, 5.41) is 18.8. The van der Waals surface area contributed by atoms with Gasteiger partial charge >= 0.3 is 5.97 Å². The number of thiocarbonyl (C=S) groups is 1. The van der Waals surface area contributed by atoms with Crippen LogP contribution in [0.5, 0.6) is 0 Å². The third kappa shape index (κ3) is 16.9. The minimum absolute atomic E-state index is 0.0529. The molecular weight excluding hydrogens is 1060 g/mol. The van der Waals surface area contributed by atoms with Crippen molar-refractivity contribution in [1.29, 1.82) is 0 Å². The molecular formula is C62H70F3N7O6SSi. The minimum atomic E-state index is -1.49. The van der Waals surface area contributed by atoms with Crippen molar-refractivity contribution in [2.24, 2.45) is 10.8 Å². The Morgan fingerprint density at radius 2 is 0.975 bits per heavy atom. The van der Waals surface area contributed by atoms with Crippen LogP contribution in [0.25, 0.3) is 49.8 Å². The predicted molar refractivity (Wildman–Crippen MR) is 319 cm³/mol. The fraction of sp³-hybridized carbons (Fsp3) is 0.274. The molecule has 0 atom stereocenters. The van der Waals surface area contributed by atoms with Gasteiger partial charge in [-0.2, -0.15) is 15.3 Å². The summed E-state index contributed by atoms with van der Waals surface area (Å²) < 4.78 is 59.9. The maximum Gasteiger partial charge on any atom is 0.311 e. The Morgan fingerprint density at radius 1 is 0.600 bits per heavy atom. The molecule has 1 amide bonds. The summed E-state index contributed by atoms with van der Waals surface area (Å²) in [6.45, 7) is 20.6. The molecule has 13 nitrogen and oxygen atoms in total. The Labute approximate surface area is 472 Å². The van der Waals surface area contributed by atoms with E-state index in [4.69, 9.17) is 13.9 Å². The van der Waals surface area contributed by atoms with Gasteiger partial charge in [-0.25, -0.2) is 27.2 Å². The van der Waals surface area contributed by atoms with Crippen molar-refractivity contribution >= 4 is 77.3 Å². The largest absolute Gasteiger partial charge is 0.520 e. The van der Waals surface area contributed by atoms with Gasteiger partial charge in [-0.15, -0.1) is 0 Å². The lowest BCUT2D eigenvalue weighted by Crippen LogP contribution is -2.38. The normalized spacial score (nSPS) is 11.1. The Hall–Kier alpha value is -8.22. The van der Waals surface area contributed by atoms with Crippen molar-refractivity contribution in [1.82, 2.24) is 34.7 Å². The van der Waals surface area contributed by atoms with Gasteiger partial charge < -0.3 is 19.2 Å². The van der Waals surface area contributed by atoms with Crippen molar-refractivity contribution in [3.8, 4) is 17.1 Å². The zero-order valence-electron chi connectivity index (χ0n) is 47.4. The van der Waals surface area contributed by atoms with Gasteiger partial charge in [0.05, 0.1) is 71.8 Å². The molecule has 6 aromatic carbocycles. The number of nitrogens with zero attached hydrogens (tertiary/aromatic N) is 6. The van der Waals surface area contributed by atoms with E-state index in [1.807, 2.05) is 84.9 Å². The number of carbonyl (C=O) groups excluding carboxylic acids is 3. The highest BCUT2D eigenvalue weighted by molar-refractivity contribution is 7.77. The van der Waals surface area contributed by atoms with Crippen LogP contribution in [0.2, 0.25) is 19.6 Å². The summed E-state index contributed by atoms with van der Waals surface area (Å²) in [5.41, 5.74) is 7.92. The van der Waals surface area contributed by atoms with Crippen LogP contribution < -0.4 is 5.32 Å². The van der Waals surface area contributed by atoms with Gasteiger partial charge in [-0.3, -0.25) is 14.4 Å². The number of methoxy groups -OCH3 is 2. The van der Waals surface area contributed by atoms with Gasteiger partial charge in [0.25, 0.3) is 5.95 Å². The van der Waals surface area contributed by atoms with E-state index in [-0.39, 0.29) is 29.3 Å². The molecule has 18 heteroatoms. The number of ether oxygens (including phenoxy) is 2. The minimum Gasteiger partial charge on any atom is -0.520 e. The Bertz CT molecular complexity index is 3550. The van der Waals surface area contributed by atoms with Crippen molar-refractivity contribution in [3.05, 3.63) is 192 Å². The molecule has 0 radical (unpaired) electrons. The number of allylic oxidation sites excluding steroid dienone is 1. The lowest BCUT2D eigenvalue weighted by atomic mass is 9.84.